The molecular weight excluding hydrogens is 288 g/mol. The van der Waals surface area contributed by atoms with E-state index in [4.69, 9.17) is 21.1 Å². The molecule has 112 valence electrons. The van der Waals surface area contributed by atoms with Crippen LogP contribution in [0.2, 0.25) is 5.02 Å². The smallest absolute Gasteiger partial charge is 0.179 e. The predicted molar refractivity (Wildman–Crippen MR) is 84.0 cm³/mol. The van der Waals surface area contributed by atoms with E-state index in [2.05, 4.69) is 16.9 Å². The minimum absolute atomic E-state index is 0.559. The fraction of sp³-hybridized carbons (Fsp3) is 0.312. The Morgan fingerprint density at radius 2 is 1.71 bits per heavy atom. The van der Waals surface area contributed by atoms with Crippen molar-refractivity contribution in [3.05, 3.63) is 52.8 Å². The molecule has 0 fully saturated rings. The lowest BCUT2D eigenvalue weighted by Gasteiger charge is -2.18. The van der Waals surface area contributed by atoms with Gasteiger partial charge in [0, 0.05) is 25.5 Å². The van der Waals surface area contributed by atoms with Gasteiger partial charge in [0.1, 0.15) is 0 Å². The molecule has 2 aromatic rings. The number of aromatic nitrogens is 1. The van der Waals surface area contributed by atoms with Crippen LogP contribution in [0.4, 0.5) is 0 Å². The molecule has 0 radical (unpaired) electrons. The number of benzene rings is 1. The van der Waals surface area contributed by atoms with Crippen molar-refractivity contribution >= 4 is 11.6 Å². The van der Waals surface area contributed by atoms with Crippen LogP contribution in [0, 0.1) is 0 Å². The molecule has 0 unspecified atom stereocenters. The molecule has 21 heavy (non-hydrogen) atoms. The van der Waals surface area contributed by atoms with Crippen molar-refractivity contribution in [1.82, 2.24) is 9.88 Å². The van der Waals surface area contributed by atoms with Gasteiger partial charge in [0.15, 0.2) is 11.5 Å². The molecule has 0 aliphatic carbocycles. The third-order valence-electron chi connectivity index (χ3n) is 3.15. The van der Waals surface area contributed by atoms with E-state index >= 15 is 0 Å². The molecular formula is C16H19ClN2O2. The van der Waals surface area contributed by atoms with Gasteiger partial charge in [-0.05, 0) is 42.4 Å². The van der Waals surface area contributed by atoms with Gasteiger partial charge in [-0.15, -0.1) is 0 Å². The Kier molecular flexibility index (Phi) is 5.42. The van der Waals surface area contributed by atoms with Gasteiger partial charge in [0.05, 0.1) is 19.2 Å². The molecule has 0 aliphatic heterocycles. The second-order valence-electron chi connectivity index (χ2n) is 4.84. The first-order valence-corrected chi connectivity index (χ1v) is 6.99. The van der Waals surface area contributed by atoms with Crippen molar-refractivity contribution in [3.8, 4) is 11.5 Å². The minimum atomic E-state index is 0.559. The number of hydrogen-bond donors (Lipinski definition) is 0. The quantitative estimate of drug-likeness (QED) is 0.819. The zero-order chi connectivity index (χ0) is 15.2. The van der Waals surface area contributed by atoms with Crippen LogP contribution in [0.25, 0.3) is 0 Å². The van der Waals surface area contributed by atoms with E-state index in [-0.39, 0.29) is 0 Å². The standard InChI is InChI=1S/C16H19ClN2O2/c1-19(10-12-4-6-18-7-5-12)11-13-8-14(17)16(21-3)15(9-13)20-2/h4-9H,10-11H2,1-3H3. The van der Waals surface area contributed by atoms with E-state index in [1.54, 1.807) is 26.6 Å². The molecule has 0 aliphatic rings. The average Bonchev–Trinajstić information content (AvgIpc) is 2.47. The van der Waals surface area contributed by atoms with Crippen LogP contribution in [-0.4, -0.2) is 31.2 Å². The van der Waals surface area contributed by atoms with Crippen molar-refractivity contribution in [2.75, 3.05) is 21.3 Å². The molecule has 0 saturated heterocycles. The van der Waals surface area contributed by atoms with Crippen molar-refractivity contribution in [2.24, 2.45) is 0 Å². The van der Waals surface area contributed by atoms with Crippen molar-refractivity contribution in [1.29, 1.82) is 0 Å². The molecule has 5 heteroatoms. The first-order valence-electron chi connectivity index (χ1n) is 6.62. The number of halogens is 1. The fourth-order valence-corrected chi connectivity index (χ4v) is 2.54. The molecule has 0 amide bonds. The zero-order valence-corrected chi connectivity index (χ0v) is 13.2. The van der Waals surface area contributed by atoms with E-state index < -0.39 is 0 Å². The third kappa shape index (κ3) is 4.09. The highest BCUT2D eigenvalue weighted by Gasteiger charge is 2.12. The number of nitrogens with zero attached hydrogens (tertiary/aromatic N) is 2. The minimum Gasteiger partial charge on any atom is -0.493 e. The van der Waals surface area contributed by atoms with Crippen LogP contribution in [0.15, 0.2) is 36.7 Å². The van der Waals surface area contributed by atoms with E-state index in [1.165, 1.54) is 5.56 Å². The zero-order valence-electron chi connectivity index (χ0n) is 12.5. The molecule has 0 saturated carbocycles. The number of ether oxygens (including phenoxy) is 2. The molecule has 4 nitrogen and oxygen atoms in total. The summed E-state index contributed by atoms with van der Waals surface area (Å²) in [5, 5.41) is 0.559. The van der Waals surface area contributed by atoms with Gasteiger partial charge in [0.2, 0.25) is 0 Å². The molecule has 2 rings (SSSR count). The van der Waals surface area contributed by atoms with Gasteiger partial charge in [0.25, 0.3) is 0 Å². The Morgan fingerprint density at radius 1 is 1.05 bits per heavy atom. The largest absolute Gasteiger partial charge is 0.493 e. The van der Waals surface area contributed by atoms with E-state index in [0.717, 1.165) is 18.7 Å². The summed E-state index contributed by atoms with van der Waals surface area (Å²) < 4.78 is 10.6. The van der Waals surface area contributed by atoms with Gasteiger partial charge in [-0.25, -0.2) is 0 Å². The first kappa shape index (κ1) is 15.6. The molecule has 0 bridgehead atoms. The van der Waals surface area contributed by atoms with E-state index in [0.29, 0.717) is 16.5 Å². The maximum atomic E-state index is 6.23. The monoisotopic (exact) mass is 306 g/mol. The Morgan fingerprint density at radius 3 is 2.33 bits per heavy atom. The number of methoxy groups -OCH3 is 2. The average molecular weight is 307 g/mol. The number of pyridine rings is 1. The van der Waals surface area contributed by atoms with Gasteiger partial charge < -0.3 is 9.47 Å². The van der Waals surface area contributed by atoms with Gasteiger partial charge in [-0.3, -0.25) is 9.88 Å². The van der Waals surface area contributed by atoms with E-state index in [1.807, 2.05) is 24.3 Å². The van der Waals surface area contributed by atoms with Crippen LogP contribution in [-0.2, 0) is 13.1 Å². The Bertz CT molecular complexity index is 590. The predicted octanol–water partition coefficient (Wildman–Crippen LogP) is 3.38. The van der Waals surface area contributed by atoms with Crippen molar-refractivity contribution < 1.29 is 9.47 Å². The maximum absolute atomic E-state index is 6.23. The lowest BCUT2D eigenvalue weighted by Crippen LogP contribution is -2.17. The summed E-state index contributed by atoms with van der Waals surface area (Å²) in [6, 6.07) is 7.88. The Labute approximate surface area is 130 Å². The highest BCUT2D eigenvalue weighted by atomic mass is 35.5. The Balaban J connectivity index is 2.10. The van der Waals surface area contributed by atoms with Crippen LogP contribution >= 0.6 is 11.6 Å². The summed E-state index contributed by atoms with van der Waals surface area (Å²) >= 11 is 6.23. The molecule has 1 heterocycles. The summed E-state index contributed by atoms with van der Waals surface area (Å²) in [6.07, 6.45) is 3.60. The van der Waals surface area contributed by atoms with Crippen LogP contribution in [0.1, 0.15) is 11.1 Å². The third-order valence-corrected chi connectivity index (χ3v) is 3.43. The van der Waals surface area contributed by atoms with Gasteiger partial charge in [-0.1, -0.05) is 11.6 Å². The SMILES string of the molecule is COc1cc(CN(C)Cc2ccncc2)cc(Cl)c1OC. The highest BCUT2D eigenvalue weighted by molar-refractivity contribution is 6.32. The molecule has 1 aromatic heterocycles. The molecule has 0 atom stereocenters. The molecule has 0 N–H and O–H groups in total. The highest BCUT2D eigenvalue weighted by Crippen LogP contribution is 2.36. The van der Waals surface area contributed by atoms with E-state index in [9.17, 15) is 0 Å². The van der Waals surface area contributed by atoms with Crippen molar-refractivity contribution in [3.63, 3.8) is 0 Å². The summed E-state index contributed by atoms with van der Waals surface area (Å²) in [7, 11) is 5.25. The lowest BCUT2D eigenvalue weighted by atomic mass is 10.1. The summed E-state index contributed by atoms with van der Waals surface area (Å²) in [5.74, 6) is 1.22. The number of rotatable bonds is 6. The van der Waals surface area contributed by atoms with Crippen LogP contribution in [0.5, 0.6) is 11.5 Å². The van der Waals surface area contributed by atoms with Gasteiger partial charge in [-0.2, -0.15) is 0 Å². The van der Waals surface area contributed by atoms with Crippen LogP contribution in [0.3, 0.4) is 0 Å². The topological polar surface area (TPSA) is 34.6 Å². The normalized spacial score (nSPS) is 10.7. The summed E-state index contributed by atoms with van der Waals surface area (Å²) in [6.45, 7) is 1.61. The summed E-state index contributed by atoms with van der Waals surface area (Å²) in [5.41, 5.74) is 2.30. The maximum Gasteiger partial charge on any atom is 0.179 e. The second-order valence-corrected chi connectivity index (χ2v) is 5.25. The van der Waals surface area contributed by atoms with Gasteiger partial charge >= 0.3 is 0 Å². The molecule has 1 aromatic carbocycles. The fourth-order valence-electron chi connectivity index (χ4n) is 2.23. The number of hydrogen-bond acceptors (Lipinski definition) is 4. The second kappa shape index (κ2) is 7.29. The van der Waals surface area contributed by atoms with Crippen molar-refractivity contribution in [2.45, 2.75) is 13.1 Å². The summed E-state index contributed by atoms with van der Waals surface area (Å²) in [4.78, 5) is 6.22. The molecule has 0 spiro atoms. The lowest BCUT2D eigenvalue weighted by molar-refractivity contribution is 0.316. The Hall–Kier alpha value is -1.78. The van der Waals surface area contributed by atoms with Crippen LogP contribution < -0.4 is 9.47 Å². The first-order chi connectivity index (χ1) is 10.1.